The summed E-state index contributed by atoms with van der Waals surface area (Å²) in [5, 5.41) is 0. The van der Waals surface area contributed by atoms with Crippen LogP contribution in [0.4, 0.5) is 0 Å². The van der Waals surface area contributed by atoms with Crippen LogP contribution in [-0.4, -0.2) is 0 Å². The topological polar surface area (TPSA) is 0 Å². The van der Waals surface area contributed by atoms with Gasteiger partial charge in [-0.25, -0.2) is 0 Å². The third kappa shape index (κ3) is 5.41. The molecule has 20 heavy (non-hydrogen) atoms. The van der Waals surface area contributed by atoms with Gasteiger partial charge in [0.2, 0.25) is 0 Å². The monoisotopic (exact) mass is 344 g/mol. The Morgan fingerprint density at radius 2 is 1.25 bits per heavy atom. The first-order valence-corrected chi connectivity index (χ1v) is 11.2. The molecule has 0 spiro atoms. The van der Waals surface area contributed by atoms with Crippen LogP contribution in [0.25, 0.3) is 0 Å². The van der Waals surface area contributed by atoms with Crippen LogP contribution < -0.4 is 0 Å². The predicted octanol–water partition coefficient (Wildman–Crippen LogP) is 6.52. The minimum atomic E-state index is -0.556. The average Bonchev–Trinajstić information content (AvgIpc) is 2.93. The Balaban J connectivity index is 0.000000612. The Labute approximate surface area is 139 Å². The molecular weight excluding hydrogens is 323 g/mol. The third-order valence-electron chi connectivity index (χ3n) is 3.47. The van der Waals surface area contributed by atoms with Crippen molar-refractivity contribution in [1.29, 1.82) is 0 Å². The van der Waals surface area contributed by atoms with Gasteiger partial charge < -0.3 is 0 Å². The van der Waals surface area contributed by atoms with E-state index in [9.17, 15) is 0 Å². The van der Waals surface area contributed by atoms with Crippen LogP contribution in [-0.2, 0) is 17.0 Å². The van der Waals surface area contributed by atoms with Crippen LogP contribution in [0.5, 0.6) is 0 Å². The van der Waals surface area contributed by atoms with E-state index in [0.29, 0.717) is 17.8 Å². The van der Waals surface area contributed by atoms with Gasteiger partial charge in [-0.15, -0.1) is 0 Å². The minimum absolute atomic E-state index is 0.478. The molecule has 0 saturated heterocycles. The molecule has 0 atom stereocenters. The van der Waals surface area contributed by atoms with E-state index < -0.39 is 17.0 Å². The van der Waals surface area contributed by atoms with E-state index in [1.165, 1.54) is 16.7 Å². The number of halogens is 2. The Kier molecular flexibility index (Phi) is 8.21. The first-order chi connectivity index (χ1) is 9.49. The molecule has 3 heteroatoms. The van der Waals surface area contributed by atoms with Gasteiger partial charge in [-0.1, -0.05) is 70.2 Å². The van der Waals surface area contributed by atoms with Crippen molar-refractivity contribution < 1.29 is 17.0 Å². The summed E-state index contributed by atoms with van der Waals surface area (Å²) in [6.07, 6.45) is 8.82. The van der Waals surface area contributed by atoms with Crippen LogP contribution in [0, 0.1) is 0 Å². The zero-order valence-electron chi connectivity index (χ0n) is 12.5. The molecule has 0 amide bonds. The summed E-state index contributed by atoms with van der Waals surface area (Å²) >= 11 is -0.556. The van der Waals surface area contributed by atoms with Crippen molar-refractivity contribution in [2.24, 2.45) is 0 Å². The van der Waals surface area contributed by atoms with Crippen molar-refractivity contribution in [3.8, 4) is 0 Å². The standard InChI is InChI=1S/C17H22.2ClH.Ti/c1-12(2)15-9-16(13(3)4)11-17(10-15)14-7-5-6-8-14;;;/h5-14H,1-4H3;2*1H;/q;;;+2/p-2. The summed E-state index contributed by atoms with van der Waals surface area (Å²) in [6.45, 7) is 9.07. The number of allylic oxidation sites excluding steroid dienone is 4. The molecule has 0 aromatic heterocycles. The zero-order valence-corrected chi connectivity index (χ0v) is 15.6. The molecule has 1 aliphatic carbocycles. The van der Waals surface area contributed by atoms with E-state index in [1.54, 1.807) is 0 Å². The van der Waals surface area contributed by atoms with E-state index in [-0.39, 0.29) is 0 Å². The van der Waals surface area contributed by atoms with Gasteiger partial charge in [-0.2, -0.15) is 0 Å². The van der Waals surface area contributed by atoms with Crippen LogP contribution in [0.2, 0.25) is 0 Å². The fourth-order valence-corrected chi connectivity index (χ4v) is 2.22. The van der Waals surface area contributed by atoms with Crippen molar-refractivity contribution in [3.05, 3.63) is 59.2 Å². The summed E-state index contributed by atoms with van der Waals surface area (Å²) in [5.74, 6) is 1.68. The van der Waals surface area contributed by atoms with Gasteiger partial charge in [0, 0.05) is 5.92 Å². The molecule has 0 aliphatic heterocycles. The Morgan fingerprint density at radius 1 is 0.850 bits per heavy atom. The van der Waals surface area contributed by atoms with Crippen molar-refractivity contribution in [3.63, 3.8) is 0 Å². The maximum absolute atomic E-state index is 4.89. The van der Waals surface area contributed by atoms with Gasteiger partial charge in [-0.3, -0.25) is 0 Å². The summed E-state index contributed by atoms with van der Waals surface area (Å²) in [6, 6.07) is 7.09. The molecular formula is C17H22Cl2Ti. The van der Waals surface area contributed by atoms with E-state index in [0.717, 1.165) is 0 Å². The van der Waals surface area contributed by atoms with E-state index in [1.807, 2.05) is 0 Å². The van der Waals surface area contributed by atoms with Crippen LogP contribution in [0.3, 0.4) is 0 Å². The zero-order chi connectivity index (χ0) is 15.1. The average molecular weight is 345 g/mol. The number of rotatable bonds is 3. The molecule has 0 radical (unpaired) electrons. The van der Waals surface area contributed by atoms with Crippen LogP contribution in [0.1, 0.15) is 62.1 Å². The van der Waals surface area contributed by atoms with E-state index in [4.69, 9.17) is 18.6 Å². The second-order valence-corrected chi connectivity index (χ2v) is 8.19. The molecule has 1 aliphatic rings. The number of benzene rings is 1. The third-order valence-corrected chi connectivity index (χ3v) is 3.47. The summed E-state index contributed by atoms with van der Waals surface area (Å²) in [5.41, 5.74) is 4.35. The molecule has 0 saturated carbocycles. The first-order valence-electron chi connectivity index (χ1n) is 6.95. The quantitative estimate of drug-likeness (QED) is 0.547. The van der Waals surface area contributed by atoms with Crippen LogP contribution >= 0.6 is 18.6 Å². The molecule has 108 valence electrons. The molecule has 2 rings (SSSR count). The molecule has 0 fully saturated rings. The Morgan fingerprint density at radius 3 is 1.60 bits per heavy atom. The van der Waals surface area contributed by atoms with Crippen molar-refractivity contribution in [2.75, 3.05) is 0 Å². The van der Waals surface area contributed by atoms with E-state index in [2.05, 4.69) is 70.2 Å². The van der Waals surface area contributed by atoms with Crippen molar-refractivity contribution in [2.45, 2.75) is 45.4 Å². The van der Waals surface area contributed by atoms with Gasteiger partial charge in [0.15, 0.2) is 0 Å². The fraction of sp³-hybridized carbons (Fsp3) is 0.412. The summed E-state index contributed by atoms with van der Waals surface area (Å²) < 4.78 is 0. The number of hydrogen-bond donors (Lipinski definition) is 0. The molecule has 0 unspecified atom stereocenters. The molecule has 0 heterocycles. The van der Waals surface area contributed by atoms with Crippen molar-refractivity contribution in [1.82, 2.24) is 0 Å². The molecule has 0 nitrogen and oxygen atoms in total. The van der Waals surface area contributed by atoms with Gasteiger partial charge in [0.1, 0.15) is 0 Å². The SMILES string of the molecule is CC(C)c1cc(C(C)C)cc(C2C=CC=C2)c1.[Cl][Ti][Cl]. The summed E-state index contributed by atoms with van der Waals surface area (Å²) in [4.78, 5) is 0. The van der Waals surface area contributed by atoms with Crippen LogP contribution in [0.15, 0.2) is 42.5 Å². The van der Waals surface area contributed by atoms with Crippen molar-refractivity contribution >= 4 is 18.6 Å². The molecule has 1 aromatic rings. The van der Waals surface area contributed by atoms with Gasteiger partial charge >= 0.3 is 35.6 Å². The van der Waals surface area contributed by atoms with Gasteiger partial charge in [0.05, 0.1) is 0 Å². The first kappa shape index (κ1) is 18.0. The van der Waals surface area contributed by atoms with E-state index >= 15 is 0 Å². The van der Waals surface area contributed by atoms with Gasteiger partial charge in [-0.05, 0) is 28.5 Å². The Hall–Kier alpha value is -0.00571. The predicted molar refractivity (Wildman–Crippen MR) is 87.3 cm³/mol. The number of hydrogen-bond acceptors (Lipinski definition) is 0. The normalized spacial score (nSPS) is 13.8. The van der Waals surface area contributed by atoms with Gasteiger partial charge in [0.25, 0.3) is 0 Å². The second kappa shape index (κ2) is 9.10. The molecule has 0 bridgehead atoms. The molecule has 0 N–H and O–H groups in total. The Bertz CT molecular complexity index is 438. The maximum atomic E-state index is 4.89. The summed E-state index contributed by atoms with van der Waals surface area (Å²) in [7, 11) is 9.78. The second-order valence-electron chi connectivity index (χ2n) is 5.61. The fourth-order valence-electron chi connectivity index (χ4n) is 2.22. The molecule has 1 aromatic carbocycles.